The quantitative estimate of drug-likeness (QED) is 0.287. The van der Waals surface area contributed by atoms with Gasteiger partial charge in [-0.2, -0.15) is 0 Å². The lowest BCUT2D eigenvalue weighted by Crippen LogP contribution is -2.33. The molecule has 0 unspecified atom stereocenters. The number of hydrogen-bond donors (Lipinski definition) is 3. The van der Waals surface area contributed by atoms with E-state index in [4.69, 9.17) is 10.7 Å². The molecule has 0 saturated heterocycles. The van der Waals surface area contributed by atoms with E-state index in [-0.39, 0.29) is 17.4 Å². The second-order valence-corrected chi connectivity index (χ2v) is 12.0. The molecular formula is C30H35N5OS. The zero-order chi connectivity index (χ0) is 26.0. The van der Waals surface area contributed by atoms with Crippen molar-refractivity contribution in [1.29, 1.82) is 0 Å². The van der Waals surface area contributed by atoms with Crippen LogP contribution in [0.4, 0.5) is 5.69 Å². The maximum Gasteiger partial charge on any atom is 0.261 e. The molecule has 37 heavy (non-hydrogen) atoms. The largest absolute Gasteiger partial charge is 0.381 e. The Labute approximate surface area is 222 Å². The molecule has 3 aromatic heterocycles. The van der Waals surface area contributed by atoms with E-state index in [1.165, 1.54) is 29.0 Å². The van der Waals surface area contributed by atoms with Crippen LogP contribution in [0.2, 0.25) is 0 Å². The SMILES string of the molecule is CC(C)(C)[C@@H]1CCc2nc3sc(C(=O)N[C@H](CN)c4cccc(NCc5cccnc5)c4)cc3cc2C1. The number of amides is 1. The molecule has 5 rings (SSSR count). The highest BCUT2D eigenvalue weighted by atomic mass is 32.1. The van der Waals surface area contributed by atoms with Crippen molar-refractivity contribution in [3.8, 4) is 0 Å². The Morgan fingerprint density at radius 1 is 1.19 bits per heavy atom. The highest BCUT2D eigenvalue weighted by Gasteiger charge is 2.30. The van der Waals surface area contributed by atoms with Crippen molar-refractivity contribution in [1.82, 2.24) is 15.3 Å². The van der Waals surface area contributed by atoms with Crippen LogP contribution in [-0.4, -0.2) is 22.4 Å². The Morgan fingerprint density at radius 2 is 2.05 bits per heavy atom. The molecule has 2 atom stereocenters. The molecule has 1 aliphatic rings. The zero-order valence-corrected chi connectivity index (χ0v) is 22.6. The third-order valence-electron chi connectivity index (χ3n) is 7.37. The number of nitrogens with one attached hydrogen (secondary N) is 2. The number of thiophene rings is 1. The smallest absolute Gasteiger partial charge is 0.261 e. The number of rotatable bonds is 7. The topological polar surface area (TPSA) is 92.9 Å². The van der Waals surface area contributed by atoms with Gasteiger partial charge < -0.3 is 16.4 Å². The number of fused-ring (bicyclic) bond motifs is 2. The van der Waals surface area contributed by atoms with Crippen LogP contribution >= 0.6 is 11.3 Å². The monoisotopic (exact) mass is 513 g/mol. The van der Waals surface area contributed by atoms with Gasteiger partial charge in [0.1, 0.15) is 4.83 Å². The molecule has 0 aliphatic heterocycles. The molecule has 0 radical (unpaired) electrons. The van der Waals surface area contributed by atoms with Crippen LogP contribution in [0.15, 0.2) is 60.9 Å². The molecule has 0 bridgehead atoms. The van der Waals surface area contributed by atoms with Gasteiger partial charge >= 0.3 is 0 Å². The van der Waals surface area contributed by atoms with Gasteiger partial charge in [0, 0.05) is 42.3 Å². The fraction of sp³-hybridized carbons (Fsp3) is 0.367. The number of carbonyl (C=O) groups excluding carboxylic acids is 1. The Bertz CT molecular complexity index is 1390. The van der Waals surface area contributed by atoms with Gasteiger partial charge in [0.15, 0.2) is 0 Å². The minimum atomic E-state index is -0.286. The number of aryl methyl sites for hydroxylation is 1. The van der Waals surface area contributed by atoms with Crippen molar-refractivity contribution in [3.05, 3.63) is 88.2 Å². The summed E-state index contributed by atoms with van der Waals surface area (Å²) >= 11 is 1.46. The van der Waals surface area contributed by atoms with Crippen molar-refractivity contribution in [2.75, 3.05) is 11.9 Å². The Hall–Kier alpha value is -3.29. The van der Waals surface area contributed by atoms with E-state index < -0.39 is 0 Å². The van der Waals surface area contributed by atoms with Gasteiger partial charge in [-0.3, -0.25) is 9.78 Å². The van der Waals surface area contributed by atoms with Crippen LogP contribution in [0.25, 0.3) is 10.2 Å². The number of nitrogens with two attached hydrogens (primary N) is 1. The number of nitrogens with zero attached hydrogens (tertiary/aromatic N) is 2. The summed E-state index contributed by atoms with van der Waals surface area (Å²) in [5.74, 6) is 0.540. The summed E-state index contributed by atoms with van der Waals surface area (Å²) in [6, 6.07) is 15.9. The second kappa shape index (κ2) is 10.6. The number of hydrogen-bond acceptors (Lipinski definition) is 6. The molecule has 0 fully saturated rings. The Balaban J connectivity index is 1.29. The molecule has 1 amide bonds. The first kappa shape index (κ1) is 25.4. The highest BCUT2D eigenvalue weighted by molar-refractivity contribution is 7.20. The minimum absolute atomic E-state index is 0.113. The van der Waals surface area contributed by atoms with Crippen LogP contribution in [0.1, 0.15) is 65.3 Å². The minimum Gasteiger partial charge on any atom is -0.381 e. The Kier molecular flexibility index (Phi) is 7.26. The van der Waals surface area contributed by atoms with Crippen LogP contribution in [0.5, 0.6) is 0 Å². The maximum absolute atomic E-state index is 13.3. The number of benzene rings is 1. The van der Waals surface area contributed by atoms with E-state index >= 15 is 0 Å². The lowest BCUT2D eigenvalue weighted by atomic mass is 9.71. The van der Waals surface area contributed by atoms with Crippen molar-refractivity contribution < 1.29 is 4.79 Å². The van der Waals surface area contributed by atoms with Gasteiger partial charge in [0.2, 0.25) is 0 Å². The van der Waals surface area contributed by atoms with Crippen LogP contribution in [0.3, 0.4) is 0 Å². The van der Waals surface area contributed by atoms with E-state index in [0.29, 0.717) is 23.9 Å². The summed E-state index contributed by atoms with van der Waals surface area (Å²) in [7, 11) is 0. The predicted molar refractivity (Wildman–Crippen MR) is 152 cm³/mol. The second-order valence-electron chi connectivity index (χ2n) is 11.0. The van der Waals surface area contributed by atoms with E-state index in [1.54, 1.807) is 6.20 Å². The first-order valence-corrected chi connectivity index (χ1v) is 13.8. The molecule has 6 nitrogen and oxygen atoms in total. The summed E-state index contributed by atoms with van der Waals surface area (Å²) in [4.78, 5) is 24.0. The standard InChI is InChI=1S/C30H35N5OS/c1-30(2,3)23-9-10-25-21(13-23)12-22-15-27(37-29(22)35-25)28(36)34-26(16-31)20-7-4-8-24(14-20)33-18-19-6-5-11-32-17-19/h4-8,11-12,14-15,17,23,26,33H,9-10,13,16,18,31H2,1-3H3,(H,34,36)/t23-,26-/m1/s1. The average molecular weight is 514 g/mol. The molecule has 1 aromatic carbocycles. The van der Waals surface area contributed by atoms with Gasteiger partial charge in [-0.25, -0.2) is 4.98 Å². The summed E-state index contributed by atoms with van der Waals surface area (Å²) in [6.07, 6.45) is 6.84. The molecular weight excluding hydrogens is 478 g/mol. The molecule has 3 heterocycles. The van der Waals surface area contributed by atoms with Crippen LogP contribution in [0, 0.1) is 11.3 Å². The average Bonchev–Trinajstić information content (AvgIpc) is 3.32. The van der Waals surface area contributed by atoms with Crippen LogP contribution in [-0.2, 0) is 19.4 Å². The van der Waals surface area contributed by atoms with Gasteiger partial charge in [-0.15, -0.1) is 11.3 Å². The van der Waals surface area contributed by atoms with E-state index in [2.05, 4.69) is 42.5 Å². The summed E-state index contributed by atoms with van der Waals surface area (Å²) in [6.45, 7) is 7.95. The van der Waals surface area contributed by atoms with Crippen molar-refractivity contribution in [3.63, 3.8) is 0 Å². The predicted octanol–water partition coefficient (Wildman–Crippen LogP) is 5.88. The van der Waals surface area contributed by atoms with Crippen LogP contribution < -0.4 is 16.4 Å². The number of anilines is 1. The molecule has 4 N–H and O–H groups in total. The van der Waals surface area contributed by atoms with E-state index in [0.717, 1.165) is 39.9 Å². The first-order chi connectivity index (χ1) is 17.8. The summed E-state index contributed by atoms with van der Waals surface area (Å²) in [5, 5.41) is 7.61. The van der Waals surface area contributed by atoms with Gasteiger partial charge in [-0.05, 0) is 77.6 Å². The molecule has 192 valence electrons. The normalized spacial score (nSPS) is 16.3. The Morgan fingerprint density at radius 3 is 2.81 bits per heavy atom. The number of carbonyl (C=O) groups is 1. The van der Waals surface area contributed by atoms with Crippen molar-refractivity contribution in [2.45, 2.75) is 52.6 Å². The lowest BCUT2D eigenvalue weighted by molar-refractivity contribution is 0.0942. The van der Waals surface area contributed by atoms with Gasteiger partial charge in [0.05, 0.1) is 10.9 Å². The van der Waals surface area contributed by atoms with E-state index in [9.17, 15) is 4.79 Å². The zero-order valence-electron chi connectivity index (χ0n) is 21.8. The molecule has 7 heteroatoms. The fourth-order valence-electron chi connectivity index (χ4n) is 5.05. The number of aromatic nitrogens is 2. The van der Waals surface area contributed by atoms with E-state index in [1.807, 2.05) is 48.7 Å². The number of pyridine rings is 2. The molecule has 0 spiro atoms. The summed E-state index contributed by atoms with van der Waals surface area (Å²) in [5.41, 5.74) is 12.0. The molecule has 4 aromatic rings. The third kappa shape index (κ3) is 5.84. The van der Waals surface area contributed by atoms with Gasteiger partial charge in [0.25, 0.3) is 5.91 Å². The lowest BCUT2D eigenvalue weighted by Gasteiger charge is -2.34. The molecule has 1 aliphatic carbocycles. The summed E-state index contributed by atoms with van der Waals surface area (Å²) < 4.78 is 0. The van der Waals surface area contributed by atoms with Gasteiger partial charge in [-0.1, -0.05) is 39.0 Å². The fourth-order valence-corrected chi connectivity index (χ4v) is 5.99. The molecule has 0 saturated carbocycles. The third-order valence-corrected chi connectivity index (χ3v) is 8.41. The first-order valence-electron chi connectivity index (χ1n) is 13.0. The van der Waals surface area contributed by atoms with Crippen molar-refractivity contribution in [2.24, 2.45) is 17.1 Å². The maximum atomic E-state index is 13.3. The van der Waals surface area contributed by atoms with Crippen molar-refractivity contribution >= 4 is 33.1 Å². The highest BCUT2D eigenvalue weighted by Crippen LogP contribution is 2.38.